The van der Waals surface area contributed by atoms with Crippen LogP contribution in [0.15, 0.2) is 48.4 Å². The molecule has 2 amide bonds. The maximum atomic E-state index is 12.2. The van der Waals surface area contributed by atoms with E-state index in [1.165, 1.54) is 11.0 Å². The summed E-state index contributed by atoms with van der Waals surface area (Å²) in [4.78, 5) is 26.3. The van der Waals surface area contributed by atoms with Gasteiger partial charge in [-0.25, -0.2) is 0 Å². The molecule has 0 saturated heterocycles. The van der Waals surface area contributed by atoms with Crippen molar-refractivity contribution in [3.63, 3.8) is 0 Å². The van der Waals surface area contributed by atoms with Crippen molar-refractivity contribution in [3.05, 3.63) is 64.4 Å². The van der Waals surface area contributed by atoms with Gasteiger partial charge in [0.25, 0.3) is 5.91 Å². The molecule has 0 aliphatic heterocycles. The van der Waals surface area contributed by atoms with Gasteiger partial charge in [-0.3, -0.25) is 9.59 Å². The average molecular weight is 344 g/mol. The first-order valence-electron chi connectivity index (χ1n) is 7.38. The predicted molar refractivity (Wildman–Crippen MR) is 96.3 cm³/mol. The van der Waals surface area contributed by atoms with Crippen molar-refractivity contribution in [1.29, 1.82) is 0 Å². The Kier molecular flexibility index (Phi) is 6.28. The number of carbonyl (C=O) groups excluding carboxylic acids is 2. The van der Waals surface area contributed by atoms with E-state index in [-0.39, 0.29) is 11.8 Å². The van der Waals surface area contributed by atoms with Gasteiger partial charge in [-0.1, -0.05) is 6.58 Å². The highest BCUT2D eigenvalue weighted by molar-refractivity contribution is 7.10. The van der Waals surface area contributed by atoms with E-state index in [2.05, 4.69) is 11.9 Å². The second kappa shape index (κ2) is 8.42. The molecule has 1 aromatic heterocycles. The Morgan fingerprint density at radius 3 is 2.67 bits per heavy atom. The molecule has 0 radical (unpaired) electrons. The number of nitrogens with one attached hydrogen (secondary N) is 1. The number of methoxy groups -OCH3 is 1. The van der Waals surface area contributed by atoms with Gasteiger partial charge in [0.05, 0.1) is 13.2 Å². The standard InChI is InChI=1S/C18H20N2O3S/c1-4-17(21)20(2)15-7-5-14(6-8-15)18(22)19-10-16-9-13(11-23-3)12-24-16/h4-9,12H,1,10-11H2,2-3H3,(H,19,22). The molecule has 0 bridgehead atoms. The number of anilines is 1. The molecule has 0 aliphatic carbocycles. The minimum Gasteiger partial charge on any atom is -0.380 e. The Bertz CT molecular complexity index is 722. The van der Waals surface area contributed by atoms with Gasteiger partial charge in [0, 0.05) is 30.3 Å². The SMILES string of the molecule is C=CC(=O)N(C)c1ccc(C(=O)NCc2cc(COC)cs2)cc1. The van der Waals surface area contributed by atoms with E-state index in [1.54, 1.807) is 49.8 Å². The lowest BCUT2D eigenvalue weighted by Gasteiger charge is -2.15. The lowest BCUT2D eigenvalue weighted by Crippen LogP contribution is -2.24. The summed E-state index contributed by atoms with van der Waals surface area (Å²) in [5, 5.41) is 4.91. The number of likely N-dealkylation sites (N-methyl/N-ethyl adjacent to an activating group) is 1. The van der Waals surface area contributed by atoms with E-state index in [1.807, 2.05) is 11.4 Å². The van der Waals surface area contributed by atoms with Crippen LogP contribution in [0.3, 0.4) is 0 Å². The second-order valence-electron chi connectivity index (χ2n) is 5.19. The summed E-state index contributed by atoms with van der Waals surface area (Å²) in [6.07, 6.45) is 1.25. The summed E-state index contributed by atoms with van der Waals surface area (Å²) in [7, 11) is 3.32. The maximum Gasteiger partial charge on any atom is 0.251 e. The Balaban J connectivity index is 1.94. The zero-order chi connectivity index (χ0) is 17.5. The van der Waals surface area contributed by atoms with E-state index in [0.717, 1.165) is 10.4 Å². The van der Waals surface area contributed by atoms with Crippen molar-refractivity contribution in [3.8, 4) is 0 Å². The Labute approximate surface area is 145 Å². The summed E-state index contributed by atoms with van der Waals surface area (Å²) in [6, 6.07) is 8.88. The molecular formula is C18H20N2O3S. The number of ether oxygens (including phenoxy) is 1. The average Bonchev–Trinajstić information content (AvgIpc) is 3.06. The molecule has 0 fully saturated rings. The van der Waals surface area contributed by atoms with Gasteiger partial charge in [0.15, 0.2) is 0 Å². The summed E-state index contributed by atoms with van der Waals surface area (Å²) < 4.78 is 5.08. The molecule has 0 unspecified atom stereocenters. The van der Waals surface area contributed by atoms with Gasteiger partial charge in [-0.2, -0.15) is 0 Å². The monoisotopic (exact) mass is 344 g/mol. The van der Waals surface area contributed by atoms with Crippen molar-refractivity contribution < 1.29 is 14.3 Å². The van der Waals surface area contributed by atoms with Crippen molar-refractivity contribution in [1.82, 2.24) is 5.32 Å². The molecule has 1 aromatic carbocycles. The van der Waals surface area contributed by atoms with Gasteiger partial charge < -0.3 is 15.0 Å². The molecule has 0 saturated carbocycles. The van der Waals surface area contributed by atoms with Crippen LogP contribution in [0, 0.1) is 0 Å². The van der Waals surface area contributed by atoms with Crippen molar-refractivity contribution in [2.24, 2.45) is 0 Å². The zero-order valence-electron chi connectivity index (χ0n) is 13.7. The van der Waals surface area contributed by atoms with E-state index in [0.29, 0.717) is 24.4 Å². The lowest BCUT2D eigenvalue weighted by molar-refractivity contribution is -0.113. The minimum absolute atomic E-state index is 0.152. The molecule has 1 N–H and O–H groups in total. The third kappa shape index (κ3) is 4.53. The Morgan fingerprint density at radius 1 is 1.33 bits per heavy atom. The first kappa shape index (κ1) is 17.9. The normalized spacial score (nSPS) is 10.2. The molecule has 6 heteroatoms. The highest BCUT2D eigenvalue weighted by atomic mass is 32.1. The van der Waals surface area contributed by atoms with E-state index in [4.69, 9.17) is 4.74 Å². The highest BCUT2D eigenvalue weighted by Crippen LogP contribution is 2.16. The van der Waals surface area contributed by atoms with Crippen LogP contribution in [-0.2, 0) is 22.7 Å². The van der Waals surface area contributed by atoms with Crippen LogP contribution in [0.2, 0.25) is 0 Å². The molecule has 2 rings (SSSR count). The molecule has 0 aliphatic rings. The molecule has 1 heterocycles. The highest BCUT2D eigenvalue weighted by Gasteiger charge is 2.10. The molecule has 2 aromatic rings. The van der Waals surface area contributed by atoms with Gasteiger partial charge in [-0.05, 0) is 47.4 Å². The van der Waals surface area contributed by atoms with Crippen LogP contribution in [0.4, 0.5) is 5.69 Å². The number of thiophene rings is 1. The van der Waals surface area contributed by atoms with Gasteiger partial charge in [0.2, 0.25) is 5.91 Å². The molecule has 0 atom stereocenters. The van der Waals surface area contributed by atoms with Gasteiger partial charge in [0.1, 0.15) is 0 Å². The fourth-order valence-electron chi connectivity index (χ4n) is 2.13. The summed E-state index contributed by atoms with van der Waals surface area (Å²) in [6.45, 7) is 4.51. The van der Waals surface area contributed by atoms with E-state index >= 15 is 0 Å². The zero-order valence-corrected chi connectivity index (χ0v) is 14.6. The van der Waals surface area contributed by atoms with Gasteiger partial charge >= 0.3 is 0 Å². The predicted octanol–water partition coefficient (Wildman–Crippen LogP) is 2.97. The molecule has 24 heavy (non-hydrogen) atoms. The molecule has 5 nitrogen and oxygen atoms in total. The van der Waals surface area contributed by atoms with Crippen LogP contribution in [0.5, 0.6) is 0 Å². The summed E-state index contributed by atoms with van der Waals surface area (Å²) >= 11 is 1.59. The number of amides is 2. The van der Waals surface area contributed by atoms with E-state index < -0.39 is 0 Å². The van der Waals surface area contributed by atoms with Crippen LogP contribution in [-0.4, -0.2) is 26.0 Å². The fraction of sp³-hybridized carbons (Fsp3) is 0.222. The van der Waals surface area contributed by atoms with Crippen LogP contribution < -0.4 is 10.2 Å². The quantitative estimate of drug-likeness (QED) is 0.786. The van der Waals surface area contributed by atoms with Crippen molar-refractivity contribution >= 4 is 28.8 Å². The third-order valence-corrected chi connectivity index (χ3v) is 4.45. The minimum atomic E-state index is -0.197. The first-order chi connectivity index (χ1) is 11.5. The Hall–Kier alpha value is -2.44. The van der Waals surface area contributed by atoms with Crippen LogP contribution >= 0.6 is 11.3 Å². The molecular weight excluding hydrogens is 324 g/mol. The lowest BCUT2D eigenvalue weighted by atomic mass is 10.2. The second-order valence-corrected chi connectivity index (χ2v) is 6.18. The molecule has 126 valence electrons. The number of nitrogens with zero attached hydrogens (tertiary/aromatic N) is 1. The van der Waals surface area contributed by atoms with Crippen LogP contribution in [0.1, 0.15) is 20.8 Å². The van der Waals surface area contributed by atoms with Gasteiger partial charge in [-0.15, -0.1) is 11.3 Å². The molecule has 0 spiro atoms. The topological polar surface area (TPSA) is 58.6 Å². The van der Waals surface area contributed by atoms with E-state index in [9.17, 15) is 9.59 Å². The third-order valence-electron chi connectivity index (χ3n) is 3.46. The number of hydrogen-bond donors (Lipinski definition) is 1. The van der Waals surface area contributed by atoms with Crippen molar-refractivity contribution in [2.45, 2.75) is 13.2 Å². The number of rotatable bonds is 7. The number of benzene rings is 1. The summed E-state index contributed by atoms with van der Waals surface area (Å²) in [5.74, 6) is -0.349. The summed E-state index contributed by atoms with van der Waals surface area (Å²) in [5.41, 5.74) is 2.36. The number of carbonyl (C=O) groups is 2. The first-order valence-corrected chi connectivity index (χ1v) is 8.26. The van der Waals surface area contributed by atoms with Crippen LogP contribution in [0.25, 0.3) is 0 Å². The smallest absolute Gasteiger partial charge is 0.251 e. The Morgan fingerprint density at radius 2 is 2.04 bits per heavy atom. The maximum absolute atomic E-state index is 12.2. The van der Waals surface area contributed by atoms with Crippen molar-refractivity contribution in [2.75, 3.05) is 19.1 Å². The number of hydrogen-bond acceptors (Lipinski definition) is 4. The largest absolute Gasteiger partial charge is 0.380 e. The fourth-order valence-corrected chi connectivity index (χ4v) is 2.95.